The van der Waals surface area contributed by atoms with Crippen LogP contribution in [-0.4, -0.2) is 22.9 Å². The maximum Gasteiger partial charge on any atom is 0.303 e. The largest absolute Gasteiger partial charge is 0.481 e. The van der Waals surface area contributed by atoms with E-state index in [0.717, 1.165) is 0 Å². The molecular weight excluding hydrogens is 170 g/mol. The van der Waals surface area contributed by atoms with E-state index in [1.54, 1.807) is 0 Å². The predicted octanol–water partition coefficient (Wildman–Crippen LogP) is 0.0769. The van der Waals surface area contributed by atoms with Gasteiger partial charge in [0, 0.05) is 12.8 Å². The Morgan fingerprint density at radius 2 is 1.92 bits per heavy atom. The Balaban J connectivity index is 3.76. The molecule has 0 aromatic rings. The lowest BCUT2D eigenvalue weighted by Gasteiger charge is -2.07. The normalized spacial score (nSPS) is 12.9. The van der Waals surface area contributed by atoms with E-state index in [-0.39, 0.29) is 18.2 Å². The molecule has 0 rings (SSSR count). The van der Waals surface area contributed by atoms with Crippen molar-refractivity contribution in [1.82, 2.24) is 0 Å². The first-order valence-electron chi connectivity index (χ1n) is 4.51. The lowest BCUT2D eigenvalue weighted by Crippen LogP contribution is -2.65. The molecule has 0 heterocycles. The van der Waals surface area contributed by atoms with Crippen LogP contribution in [0.5, 0.6) is 0 Å². The van der Waals surface area contributed by atoms with Gasteiger partial charge in [-0.2, -0.15) is 0 Å². The quantitative estimate of drug-likeness (QED) is 0.619. The zero-order valence-electron chi connectivity index (χ0n) is 8.25. The summed E-state index contributed by atoms with van der Waals surface area (Å²) in [4.78, 5) is 21.5. The Bertz CT molecular complexity index is 189. The van der Waals surface area contributed by atoms with Gasteiger partial charge in [0.2, 0.25) is 0 Å². The van der Waals surface area contributed by atoms with Crippen molar-refractivity contribution in [2.24, 2.45) is 5.92 Å². The van der Waals surface area contributed by atoms with Crippen molar-refractivity contribution in [3.05, 3.63) is 0 Å². The van der Waals surface area contributed by atoms with Crippen LogP contribution in [0, 0.1) is 5.92 Å². The molecule has 0 fully saturated rings. The van der Waals surface area contributed by atoms with Crippen LogP contribution in [-0.2, 0) is 9.59 Å². The van der Waals surface area contributed by atoms with Gasteiger partial charge in [-0.1, -0.05) is 13.8 Å². The summed E-state index contributed by atoms with van der Waals surface area (Å²) in [5, 5.41) is 8.39. The highest BCUT2D eigenvalue weighted by atomic mass is 16.4. The number of carbonyl (C=O) groups excluding carboxylic acids is 1. The molecule has 0 aromatic carbocycles. The highest BCUT2D eigenvalue weighted by Gasteiger charge is 2.18. The molecule has 4 N–H and O–H groups in total. The van der Waals surface area contributed by atoms with Crippen LogP contribution in [0.1, 0.15) is 33.1 Å². The molecule has 4 nitrogen and oxygen atoms in total. The fourth-order valence-electron chi connectivity index (χ4n) is 1.03. The second-order valence-electron chi connectivity index (χ2n) is 3.69. The van der Waals surface area contributed by atoms with Crippen LogP contribution < -0.4 is 5.73 Å². The molecule has 0 spiro atoms. The SMILES string of the molecule is CC(C)CC(=O)C([NH3+])CCC(=O)O. The van der Waals surface area contributed by atoms with Crippen LogP contribution in [0.25, 0.3) is 0 Å². The van der Waals surface area contributed by atoms with Crippen LogP contribution >= 0.6 is 0 Å². The lowest BCUT2D eigenvalue weighted by atomic mass is 9.99. The molecule has 0 aliphatic heterocycles. The van der Waals surface area contributed by atoms with Crippen molar-refractivity contribution < 1.29 is 20.4 Å². The highest BCUT2D eigenvalue weighted by molar-refractivity contribution is 5.83. The smallest absolute Gasteiger partial charge is 0.303 e. The number of quaternary nitrogens is 1. The fraction of sp³-hybridized carbons (Fsp3) is 0.778. The van der Waals surface area contributed by atoms with Gasteiger partial charge >= 0.3 is 5.97 Å². The third-order valence-electron chi connectivity index (χ3n) is 1.77. The molecule has 1 unspecified atom stereocenters. The maximum absolute atomic E-state index is 11.3. The Morgan fingerprint density at radius 1 is 1.38 bits per heavy atom. The summed E-state index contributed by atoms with van der Waals surface area (Å²) < 4.78 is 0. The Kier molecular flexibility index (Phi) is 5.30. The molecule has 13 heavy (non-hydrogen) atoms. The number of hydrogen-bond acceptors (Lipinski definition) is 2. The van der Waals surface area contributed by atoms with E-state index in [0.29, 0.717) is 18.8 Å². The number of carboxylic acids is 1. The molecule has 0 aliphatic rings. The molecule has 0 aromatic heterocycles. The number of aliphatic carboxylic acids is 1. The minimum Gasteiger partial charge on any atom is -0.481 e. The van der Waals surface area contributed by atoms with E-state index in [2.05, 4.69) is 5.73 Å². The Labute approximate surface area is 78.1 Å². The number of carbonyl (C=O) groups is 2. The maximum atomic E-state index is 11.3. The molecule has 0 radical (unpaired) electrons. The summed E-state index contributed by atoms with van der Waals surface area (Å²) in [6.07, 6.45) is 0.868. The molecule has 0 aliphatic carbocycles. The van der Waals surface area contributed by atoms with Gasteiger partial charge in [-0.3, -0.25) is 9.59 Å². The third-order valence-corrected chi connectivity index (χ3v) is 1.77. The van der Waals surface area contributed by atoms with E-state index >= 15 is 0 Å². The predicted molar refractivity (Wildman–Crippen MR) is 48.0 cm³/mol. The van der Waals surface area contributed by atoms with Crippen LogP contribution in [0.2, 0.25) is 0 Å². The van der Waals surface area contributed by atoms with Gasteiger partial charge in [0.1, 0.15) is 6.04 Å². The van der Waals surface area contributed by atoms with Gasteiger partial charge < -0.3 is 10.8 Å². The molecule has 0 amide bonds. The zero-order chi connectivity index (χ0) is 10.4. The van der Waals surface area contributed by atoms with Crippen molar-refractivity contribution in [2.45, 2.75) is 39.2 Å². The van der Waals surface area contributed by atoms with Gasteiger partial charge in [-0.25, -0.2) is 0 Å². The van der Waals surface area contributed by atoms with Crippen LogP contribution in [0.4, 0.5) is 0 Å². The standard InChI is InChI=1S/C9H17NO3/c1-6(2)5-8(11)7(10)3-4-9(12)13/h6-7H,3-5,10H2,1-2H3,(H,12,13)/p+1. The second kappa shape index (κ2) is 5.70. The van der Waals surface area contributed by atoms with Crippen molar-refractivity contribution in [3.63, 3.8) is 0 Å². The summed E-state index contributed by atoms with van der Waals surface area (Å²) >= 11 is 0. The van der Waals surface area contributed by atoms with E-state index < -0.39 is 5.97 Å². The Hall–Kier alpha value is -0.900. The van der Waals surface area contributed by atoms with Crippen LogP contribution in [0.15, 0.2) is 0 Å². The van der Waals surface area contributed by atoms with Crippen molar-refractivity contribution >= 4 is 11.8 Å². The van der Waals surface area contributed by atoms with Gasteiger partial charge in [0.25, 0.3) is 0 Å². The van der Waals surface area contributed by atoms with Gasteiger partial charge in [0.05, 0.1) is 6.42 Å². The first-order valence-corrected chi connectivity index (χ1v) is 4.51. The Morgan fingerprint density at radius 3 is 2.31 bits per heavy atom. The first-order chi connectivity index (χ1) is 5.93. The number of carboxylic acid groups (broad SMARTS) is 1. The summed E-state index contributed by atoms with van der Waals surface area (Å²) in [5.41, 5.74) is 3.65. The second-order valence-corrected chi connectivity index (χ2v) is 3.69. The minimum absolute atomic E-state index is 0.0258. The summed E-state index contributed by atoms with van der Waals surface area (Å²) in [6.45, 7) is 3.92. The monoisotopic (exact) mass is 188 g/mol. The van der Waals surface area contributed by atoms with E-state index in [4.69, 9.17) is 5.11 Å². The lowest BCUT2D eigenvalue weighted by molar-refractivity contribution is -0.404. The number of hydrogen-bond donors (Lipinski definition) is 2. The van der Waals surface area contributed by atoms with Gasteiger partial charge in [0.15, 0.2) is 5.78 Å². The van der Waals surface area contributed by atoms with Crippen molar-refractivity contribution in [2.75, 3.05) is 0 Å². The first kappa shape index (κ1) is 12.1. The molecule has 4 heteroatoms. The molecule has 0 bridgehead atoms. The molecule has 0 saturated carbocycles. The average molecular weight is 188 g/mol. The number of ketones is 1. The number of rotatable bonds is 6. The zero-order valence-corrected chi connectivity index (χ0v) is 8.25. The van der Waals surface area contributed by atoms with Crippen LogP contribution in [0.3, 0.4) is 0 Å². The highest BCUT2D eigenvalue weighted by Crippen LogP contribution is 2.04. The van der Waals surface area contributed by atoms with Gasteiger partial charge in [-0.05, 0) is 5.92 Å². The summed E-state index contributed by atoms with van der Waals surface area (Å²) in [7, 11) is 0. The molecular formula is C9H18NO3+. The van der Waals surface area contributed by atoms with Crippen molar-refractivity contribution in [3.8, 4) is 0 Å². The van der Waals surface area contributed by atoms with E-state index in [9.17, 15) is 9.59 Å². The molecule has 0 saturated heterocycles. The molecule has 1 atom stereocenters. The minimum atomic E-state index is -0.869. The average Bonchev–Trinajstić information content (AvgIpc) is 1.98. The van der Waals surface area contributed by atoms with E-state index in [1.165, 1.54) is 0 Å². The fourth-order valence-corrected chi connectivity index (χ4v) is 1.03. The number of Topliss-reactive ketones (excluding diaryl/α,β-unsaturated/α-hetero) is 1. The summed E-state index contributed by atoms with van der Waals surface area (Å²) in [5.74, 6) is -0.483. The summed E-state index contributed by atoms with van der Waals surface area (Å²) in [6, 6.07) is -0.363. The third kappa shape index (κ3) is 6.28. The molecule has 76 valence electrons. The van der Waals surface area contributed by atoms with E-state index in [1.807, 2.05) is 13.8 Å². The topological polar surface area (TPSA) is 82.0 Å². The van der Waals surface area contributed by atoms with Crippen molar-refractivity contribution in [1.29, 1.82) is 0 Å². The van der Waals surface area contributed by atoms with Gasteiger partial charge in [-0.15, -0.1) is 0 Å².